The molecule has 66 valence electrons. The summed E-state index contributed by atoms with van der Waals surface area (Å²) in [5.41, 5.74) is 9.56. The van der Waals surface area contributed by atoms with Gasteiger partial charge in [-0.25, -0.2) is 0 Å². The molecule has 0 radical (unpaired) electrons. The summed E-state index contributed by atoms with van der Waals surface area (Å²) < 4.78 is 0. The van der Waals surface area contributed by atoms with E-state index in [-0.39, 0.29) is 0 Å². The Labute approximate surface area is 78.4 Å². The second-order valence-corrected chi connectivity index (χ2v) is 3.80. The molecule has 0 heterocycles. The molecule has 0 fully saturated rings. The molecule has 2 N–H and O–H groups in total. The van der Waals surface area contributed by atoms with E-state index in [2.05, 4.69) is 32.2 Å². The van der Waals surface area contributed by atoms with Crippen molar-refractivity contribution in [2.45, 2.75) is 25.3 Å². The molecule has 0 amide bonds. The monoisotopic (exact) mass is 181 g/mol. The highest BCUT2D eigenvalue weighted by molar-refractivity contribution is 7.98. The van der Waals surface area contributed by atoms with Crippen molar-refractivity contribution >= 4 is 11.8 Å². The molecular formula is C10H15NS. The zero-order chi connectivity index (χ0) is 9.14. The van der Waals surface area contributed by atoms with Crippen LogP contribution in [-0.2, 0) is 6.54 Å². The lowest BCUT2D eigenvalue weighted by molar-refractivity contribution is 1.01. The lowest BCUT2D eigenvalue weighted by Crippen LogP contribution is -1.99. The van der Waals surface area contributed by atoms with E-state index < -0.39 is 0 Å². The van der Waals surface area contributed by atoms with Gasteiger partial charge in [0.1, 0.15) is 0 Å². The lowest BCUT2D eigenvalue weighted by Gasteiger charge is -2.08. The van der Waals surface area contributed by atoms with E-state index in [9.17, 15) is 0 Å². The van der Waals surface area contributed by atoms with Crippen LogP contribution in [0.5, 0.6) is 0 Å². The summed E-state index contributed by atoms with van der Waals surface area (Å²) >= 11 is 1.76. The number of hydrogen-bond acceptors (Lipinski definition) is 2. The van der Waals surface area contributed by atoms with E-state index in [4.69, 9.17) is 5.73 Å². The third-order valence-electron chi connectivity index (χ3n) is 2.12. The van der Waals surface area contributed by atoms with Gasteiger partial charge in [-0.2, -0.15) is 0 Å². The summed E-state index contributed by atoms with van der Waals surface area (Å²) in [6, 6.07) is 4.39. The third-order valence-corrected chi connectivity index (χ3v) is 2.94. The SMILES string of the molecule is CSc1cc(C)c(C)cc1CN. The number of aryl methyl sites for hydroxylation is 2. The standard InChI is InChI=1S/C10H15NS/c1-7-4-9(6-11)10(12-3)5-8(7)2/h4-5H,6,11H2,1-3H3. The van der Waals surface area contributed by atoms with Crippen LogP contribution in [0.3, 0.4) is 0 Å². The molecular weight excluding hydrogens is 166 g/mol. The molecule has 0 saturated heterocycles. The first-order valence-corrected chi connectivity index (χ1v) is 5.25. The van der Waals surface area contributed by atoms with Crippen molar-refractivity contribution in [1.29, 1.82) is 0 Å². The average molecular weight is 181 g/mol. The molecule has 0 aromatic heterocycles. The Hall–Kier alpha value is -0.470. The second kappa shape index (κ2) is 3.97. The van der Waals surface area contributed by atoms with Crippen LogP contribution in [0.1, 0.15) is 16.7 Å². The minimum atomic E-state index is 0.636. The van der Waals surface area contributed by atoms with E-state index in [1.54, 1.807) is 11.8 Å². The molecule has 1 nitrogen and oxygen atoms in total. The van der Waals surface area contributed by atoms with Crippen LogP contribution in [0.4, 0.5) is 0 Å². The van der Waals surface area contributed by atoms with Gasteiger partial charge in [0.25, 0.3) is 0 Å². The van der Waals surface area contributed by atoms with Crippen molar-refractivity contribution < 1.29 is 0 Å². The van der Waals surface area contributed by atoms with Crippen molar-refractivity contribution in [3.05, 3.63) is 28.8 Å². The van der Waals surface area contributed by atoms with Gasteiger partial charge in [0, 0.05) is 11.4 Å². The zero-order valence-corrected chi connectivity index (χ0v) is 8.66. The predicted molar refractivity (Wildman–Crippen MR) is 55.6 cm³/mol. The molecule has 0 aliphatic heterocycles. The first kappa shape index (κ1) is 9.62. The molecule has 1 aromatic rings. The predicted octanol–water partition coefficient (Wildman–Crippen LogP) is 2.48. The quantitative estimate of drug-likeness (QED) is 0.709. The first-order chi connectivity index (χ1) is 5.69. The largest absolute Gasteiger partial charge is 0.326 e. The van der Waals surface area contributed by atoms with Crippen molar-refractivity contribution in [2.75, 3.05) is 6.26 Å². The van der Waals surface area contributed by atoms with Gasteiger partial charge >= 0.3 is 0 Å². The third kappa shape index (κ3) is 1.82. The fourth-order valence-corrected chi connectivity index (χ4v) is 1.90. The van der Waals surface area contributed by atoms with Crippen LogP contribution in [0.15, 0.2) is 17.0 Å². The van der Waals surface area contributed by atoms with Gasteiger partial charge in [0.15, 0.2) is 0 Å². The van der Waals surface area contributed by atoms with E-state index in [0.29, 0.717) is 6.54 Å². The molecule has 0 atom stereocenters. The topological polar surface area (TPSA) is 26.0 Å². The van der Waals surface area contributed by atoms with E-state index in [1.165, 1.54) is 21.6 Å². The van der Waals surface area contributed by atoms with Crippen LogP contribution >= 0.6 is 11.8 Å². The molecule has 1 aromatic carbocycles. The molecule has 0 aliphatic rings. The van der Waals surface area contributed by atoms with E-state index in [1.807, 2.05) is 0 Å². The summed E-state index contributed by atoms with van der Waals surface area (Å²) in [6.45, 7) is 4.89. The zero-order valence-electron chi connectivity index (χ0n) is 7.85. The van der Waals surface area contributed by atoms with Crippen molar-refractivity contribution in [3.63, 3.8) is 0 Å². The smallest absolute Gasteiger partial charge is 0.0189 e. The number of thioether (sulfide) groups is 1. The van der Waals surface area contributed by atoms with Gasteiger partial charge in [-0.1, -0.05) is 6.07 Å². The highest BCUT2D eigenvalue weighted by Crippen LogP contribution is 2.23. The number of rotatable bonds is 2. The van der Waals surface area contributed by atoms with Gasteiger partial charge in [-0.3, -0.25) is 0 Å². The molecule has 0 saturated carbocycles. The molecule has 0 unspecified atom stereocenters. The highest BCUT2D eigenvalue weighted by atomic mass is 32.2. The van der Waals surface area contributed by atoms with Crippen LogP contribution in [-0.4, -0.2) is 6.26 Å². The van der Waals surface area contributed by atoms with Crippen molar-refractivity contribution in [1.82, 2.24) is 0 Å². The van der Waals surface area contributed by atoms with Gasteiger partial charge in [-0.15, -0.1) is 11.8 Å². The minimum Gasteiger partial charge on any atom is -0.326 e. The maximum atomic E-state index is 5.63. The number of benzene rings is 1. The minimum absolute atomic E-state index is 0.636. The molecule has 1 rings (SSSR count). The number of hydrogen-bond donors (Lipinski definition) is 1. The Morgan fingerprint density at radius 1 is 1.25 bits per heavy atom. The maximum absolute atomic E-state index is 5.63. The van der Waals surface area contributed by atoms with E-state index >= 15 is 0 Å². The Morgan fingerprint density at radius 3 is 2.33 bits per heavy atom. The highest BCUT2D eigenvalue weighted by Gasteiger charge is 2.01. The average Bonchev–Trinajstić information content (AvgIpc) is 2.09. The summed E-state index contributed by atoms with van der Waals surface area (Å²) in [5.74, 6) is 0. The van der Waals surface area contributed by atoms with Crippen LogP contribution in [0.25, 0.3) is 0 Å². The lowest BCUT2D eigenvalue weighted by atomic mass is 10.1. The number of nitrogens with two attached hydrogens (primary N) is 1. The van der Waals surface area contributed by atoms with E-state index in [0.717, 1.165) is 0 Å². The normalized spacial score (nSPS) is 10.3. The van der Waals surface area contributed by atoms with Crippen molar-refractivity contribution in [2.24, 2.45) is 5.73 Å². The Balaban J connectivity index is 3.19. The van der Waals surface area contributed by atoms with Crippen LogP contribution in [0, 0.1) is 13.8 Å². The molecule has 0 aliphatic carbocycles. The van der Waals surface area contributed by atoms with Crippen LogP contribution in [0.2, 0.25) is 0 Å². The molecule has 0 bridgehead atoms. The van der Waals surface area contributed by atoms with Crippen molar-refractivity contribution in [3.8, 4) is 0 Å². The van der Waals surface area contributed by atoms with Crippen LogP contribution < -0.4 is 5.73 Å². The summed E-state index contributed by atoms with van der Waals surface area (Å²) in [5, 5.41) is 0. The maximum Gasteiger partial charge on any atom is 0.0189 e. The van der Waals surface area contributed by atoms with Gasteiger partial charge < -0.3 is 5.73 Å². The van der Waals surface area contributed by atoms with Gasteiger partial charge in [0.05, 0.1) is 0 Å². The summed E-state index contributed by atoms with van der Waals surface area (Å²) in [4.78, 5) is 1.31. The first-order valence-electron chi connectivity index (χ1n) is 4.03. The summed E-state index contributed by atoms with van der Waals surface area (Å²) in [6.07, 6.45) is 2.09. The molecule has 2 heteroatoms. The molecule has 0 spiro atoms. The van der Waals surface area contributed by atoms with Gasteiger partial charge in [-0.05, 0) is 42.9 Å². The fourth-order valence-electron chi connectivity index (χ4n) is 1.20. The van der Waals surface area contributed by atoms with Gasteiger partial charge in [0.2, 0.25) is 0 Å². The Bertz CT molecular complexity index is 252. The Morgan fingerprint density at radius 2 is 1.83 bits per heavy atom. The second-order valence-electron chi connectivity index (χ2n) is 2.95. The summed E-state index contributed by atoms with van der Waals surface area (Å²) in [7, 11) is 0. The fraction of sp³-hybridized carbons (Fsp3) is 0.400. The Kier molecular flexibility index (Phi) is 3.18. The molecule has 12 heavy (non-hydrogen) atoms.